The molecule has 1 aromatic carbocycles. The van der Waals surface area contributed by atoms with Crippen molar-refractivity contribution in [2.75, 3.05) is 7.11 Å². The summed E-state index contributed by atoms with van der Waals surface area (Å²) in [7, 11) is 1.63. The zero-order chi connectivity index (χ0) is 15.4. The van der Waals surface area contributed by atoms with Crippen LogP contribution in [0.5, 0.6) is 17.5 Å². The molecule has 6 heteroatoms. The lowest BCUT2D eigenvalue weighted by Gasteiger charge is -2.05. The number of ether oxygens (including phenoxy) is 2. The van der Waals surface area contributed by atoms with Crippen LogP contribution in [0, 0.1) is 0 Å². The van der Waals surface area contributed by atoms with Crippen molar-refractivity contribution >= 4 is 11.6 Å². The van der Waals surface area contributed by atoms with Crippen molar-refractivity contribution in [2.45, 2.75) is 0 Å². The van der Waals surface area contributed by atoms with E-state index in [0.717, 1.165) is 16.9 Å². The molecule has 0 spiro atoms. The molecule has 3 aromatic rings. The van der Waals surface area contributed by atoms with E-state index in [4.69, 9.17) is 21.1 Å². The molecule has 0 amide bonds. The molecule has 0 radical (unpaired) electrons. The Kier molecular flexibility index (Phi) is 4.16. The van der Waals surface area contributed by atoms with Crippen LogP contribution < -0.4 is 9.47 Å². The van der Waals surface area contributed by atoms with E-state index in [0.29, 0.717) is 10.8 Å². The molecule has 110 valence electrons. The third-order valence-electron chi connectivity index (χ3n) is 2.94. The molecule has 5 nitrogen and oxygen atoms in total. The van der Waals surface area contributed by atoms with Gasteiger partial charge in [0.2, 0.25) is 0 Å². The average molecular weight is 314 g/mol. The molecule has 0 aliphatic carbocycles. The first-order valence-electron chi connectivity index (χ1n) is 6.49. The Bertz CT molecular complexity index is 761. The molecule has 0 fully saturated rings. The second-order valence-corrected chi connectivity index (χ2v) is 4.86. The van der Waals surface area contributed by atoms with E-state index >= 15 is 0 Å². The molecule has 0 saturated heterocycles. The van der Waals surface area contributed by atoms with Crippen LogP contribution in [0.25, 0.3) is 11.1 Å². The Morgan fingerprint density at radius 3 is 2.23 bits per heavy atom. The fraction of sp³-hybridized carbons (Fsp3) is 0.0625. The fourth-order valence-corrected chi connectivity index (χ4v) is 2.02. The van der Waals surface area contributed by atoms with Gasteiger partial charge in [-0.15, -0.1) is 0 Å². The topological polar surface area (TPSA) is 57.1 Å². The summed E-state index contributed by atoms with van der Waals surface area (Å²) in [5.41, 5.74) is 1.89. The van der Waals surface area contributed by atoms with Gasteiger partial charge in [0.1, 0.15) is 5.75 Å². The SMILES string of the molecule is COc1ccc(-c2cnc(Oc3cncc(Cl)c3)nc2)cc1. The molecule has 0 unspecified atom stereocenters. The largest absolute Gasteiger partial charge is 0.497 e. The second-order valence-electron chi connectivity index (χ2n) is 4.42. The molecule has 0 saturated carbocycles. The third kappa shape index (κ3) is 3.32. The second kappa shape index (κ2) is 6.41. The van der Waals surface area contributed by atoms with Crippen LogP contribution in [0.15, 0.2) is 55.1 Å². The van der Waals surface area contributed by atoms with Crippen molar-refractivity contribution in [3.05, 3.63) is 60.1 Å². The van der Waals surface area contributed by atoms with Crippen LogP contribution in [0.3, 0.4) is 0 Å². The van der Waals surface area contributed by atoms with E-state index in [-0.39, 0.29) is 6.01 Å². The summed E-state index contributed by atoms with van der Waals surface area (Å²) in [6.07, 6.45) is 6.47. The molecule has 2 heterocycles. The Balaban J connectivity index is 1.77. The molecule has 0 aliphatic heterocycles. The molecule has 0 aliphatic rings. The number of nitrogens with zero attached hydrogens (tertiary/aromatic N) is 3. The van der Waals surface area contributed by atoms with E-state index in [2.05, 4.69) is 15.0 Å². The van der Waals surface area contributed by atoms with Crippen molar-refractivity contribution in [3.63, 3.8) is 0 Å². The normalized spacial score (nSPS) is 10.3. The summed E-state index contributed by atoms with van der Waals surface area (Å²) < 4.78 is 10.6. The van der Waals surface area contributed by atoms with Gasteiger partial charge in [-0.05, 0) is 17.7 Å². The summed E-state index contributed by atoms with van der Waals surface area (Å²) in [6, 6.07) is 9.54. The van der Waals surface area contributed by atoms with Gasteiger partial charge >= 0.3 is 6.01 Å². The van der Waals surface area contributed by atoms with Gasteiger partial charge in [-0.3, -0.25) is 4.98 Å². The van der Waals surface area contributed by atoms with Crippen molar-refractivity contribution in [2.24, 2.45) is 0 Å². The highest BCUT2D eigenvalue weighted by atomic mass is 35.5. The van der Waals surface area contributed by atoms with E-state index in [1.165, 1.54) is 6.20 Å². The van der Waals surface area contributed by atoms with Crippen molar-refractivity contribution in [3.8, 4) is 28.6 Å². The number of methoxy groups -OCH3 is 1. The number of rotatable bonds is 4. The minimum absolute atomic E-state index is 0.237. The molecule has 0 N–H and O–H groups in total. The number of halogens is 1. The lowest BCUT2D eigenvalue weighted by atomic mass is 10.1. The van der Waals surface area contributed by atoms with Gasteiger partial charge in [-0.1, -0.05) is 23.7 Å². The number of pyridine rings is 1. The predicted octanol–water partition coefficient (Wildman–Crippen LogP) is 3.99. The number of hydrogen-bond donors (Lipinski definition) is 0. The Hall–Kier alpha value is -2.66. The first-order chi connectivity index (χ1) is 10.7. The van der Waals surface area contributed by atoms with Crippen LogP contribution in [0.2, 0.25) is 5.02 Å². The van der Waals surface area contributed by atoms with E-state index in [1.807, 2.05) is 24.3 Å². The maximum atomic E-state index is 5.85. The Morgan fingerprint density at radius 1 is 0.864 bits per heavy atom. The van der Waals surface area contributed by atoms with Gasteiger partial charge in [-0.25, -0.2) is 9.97 Å². The smallest absolute Gasteiger partial charge is 0.321 e. The van der Waals surface area contributed by atoms with Gasteiger partial charge in [0, 0.05) is 30.2 Å². The van der Waals surface area contributed by atoms with Gasteiger partial charge < -0.3 is 9.47 Å². The standard InChI is InChI=1S/C16H12ClN3O2/c1-21-14-4-2-11(3-5-14)12-7-19-16(20-8-12)22-15-6-13(17)9-18-10-15/h2-10H,1H3. The molecule has 0 bridgehead atoms. The summed E-state index contributed by atoms with van der Waals surface area (Å²) in [5.74, 6) is 1.29. The first kappa shape index (κ1) is 14.3. The summed E-state index contributed by atoms with van der Waals surface area (Å²) >= 11 is 5.85. The van der Waals surface area contributed by atoms with Gasteiger partial charge in [0.15, 0.2) is 5.75 Å². The summed E-state index contributed by atoms with van der Waals surface area (Å²) in [6.45, 7) is 0. The number of hydrogen-bond acceptors (Lipinski definition) is 5. The molecule has 3 rings (SSSR count). The zero-order valence-corrected chi connectivity index (χ0v) is 12.5. The Morgan fingerprint density at radius 2 is 1.59 bits per heavy atom. The fourth-order valence-electron chi connectivity index (χ4n) is 1.86. The van der Waals surface area contributed by atoms with E-state index in [9.17, 15) is 0 Å². The summed E-state index contributed by atoms with van der Waals surface area (Å²) in [4.78, 5) is 12.3. The summed E-state index contributed by atoms with van der Waals surface area (Å²) in [5, 5.41) is 0.493. The maximum Gasteiger partial charge on any atom is 0.321 e. The van der Waals surface area contributed by atoms with Gasteiger partial charge in [0.05, 0.1) is 18.3 Å². The minimum atomic E-state index is 0.237. The number of aromatic nitrogens is 3. The molecule has 22 heavy (non-hydrogen) atoms. The van der Waals surface area contributed by atoms with Crippen molar-refractivity contribution in [1.82, 2.24) is 15.0 Å². The molecule has 2 aromatic heterocycles. The predicted molar refractivity (Wildman–Crippen MR) is 83.3 cm³/mol. The van der Waals surface area contributed by atoms with Gasteiger partial charge in [-0.2, -0.15) is 0 Å². The highest BCUT2D eigenvalue weighted by molar-refractivity contribution is 6.30. The Labute approximate surface area is 132 Å². The van der Waals surface area contributed by atoms with Crippen LogP contribution in [-0.4, -0.2) is 22.1 Å². The lowest BCUT2D eigenvalue weighted by Crippen LogP contribution is -1.92. The molecule has 0 atom stereocenters. The van der Waals surface area contributed by atoms with Crippen molar-refractivity contribution < 1.29 is 9.47 Å². The first-order valence-corrected chi connectivity index (χ1v) is 6.87. The molecular formula is C16H12ClN3O2. The highest BCUT2D eigenvalue weighted by Gasteiger charge is 2.04. The maximum absolute atomic E-state index is 5.85. The minimum Gasteiger partial charge on any atom is -0.497 e. The monoisotopic (exact) mass is 313 g/mol. The van der Waals surface area contributed by atoms with Crippen LogP contribution in [0.4, 0.5) is 0 Å². The highest BCUT2D eigenvalue weighted by Crippen LogP contribution is 2.24. The van der Waals surface area contributed by atoms with Crippen molar-refractivity contribution in [1.29, 1.82) is 0 Å². The zero-order valence-electron chi connectivity index (χ0n) is 11.7. The van der Waals surface area contributed by atoms with Crippen LogP contribution in [-0.2, 0) is 0 Å². The van der Waals surface area contributed by atoms with E-state index < -0.39 is 0 Å². The number of benzene rings is 1. The average Bonchev–Trinajstić information content (AvgIpc) is 2.56. The van der Waals surface area contributed by atoms with Gasteiger partial charge in [0.25, 0.3) is 0 Å². The lowest BCUT2D eigenvalue weighted by molar-refractivity contribution is 0.415. The quantitative estimate of drug-likeness (QED) is 0.729. The van der Waals surface area contributed by atoms with E-state index in [1.54, 1.807) is 31.8 Å². The molecular weight excluding hydrogens is 302 g/mol. The van der Waals surface area contributed by atoms with Crippen LogP contribution in [0.1, 0.15) is 0 Å². The third-order valence-corrected chi connectivity index (χ3v) is 3.15. The van der Waals surface area contributed by atoms with Crippen LogP contribution >= 0.6 is 11.6 Å².